The van der Waals surface area contributed by atoms with Gasteiger partial charge in [-0.25, -0.2) is 9.97 Å². The molecule has 4 heteroatoms. The zero-order valence-corrected chi connectivity index (χ0v) is 9.67. The van der Waals surface area contributed by atoms with Crippen LogP contribution in [0, 0.1) is 5.92 Å². The van der Waals surface area contributed by atoms with Crippen LogP contribution in [0.4, 0.5) is 0 Å². The van der Waals surface area contributed by atoms with Crippen LogP contribution in [0.5, 0.6) is 0 Å². The van der Waals surface area contributed by atoms with Crippen LogP contribution in [0.15, 0.2) is 24.7 Å². The summed E-state index contributed by atoms with van der Waals surface area (Å²) in [4.78, 5) is 22.4. The molecule has 1 aliphatic heterocycles. The number of rotatable bonds is 1. The van der Waals surface area contributed by atoms with Gasteiger partial charge in [0.15, 0.2) is 0 Å². The van der Waals surface area contributed by atoms with Crippen LogP contribution in [-0.4, -0.2) is 20.8 Å². The topological polar surface area (TPSA) is 46.1 Å². The number of carbonyl (C=O) groups is 1. The van der Waals surface area contributed by atoms with Crippen LogP contribution in [0.1, 0.15) is 30.5 Å². The number of hydrogen-bond donors (Lipinski definition) is 0. The van der Waals surface area contributed by atoms with Gasteiger partial charge in [0.05, 0.1) is 12.2 Å². The Morgan fingerprint density at radius 1 is 1.35 bits per heavy atom. The molecule has 0 aromatic carbocycles. The van der Waals surface area contributed by atoms with Gasteiger partial charge in [-0.2, -0.15) is 0 Å². The van der Waals surface area contributed by atoms with Gasteiger partial charge in [-0.3, -0.25) is 4.79 Å². The molecule has 0 bridgehead atoms. The quantitative estimate of drug-likeness (QED) is 0.688. The van der Waals surface area contributed by atoms with Gasteiger partial charge in [-0.1, -0.05) is 12.2 Å². The molecule has 0 spiro atoms. The van der Waals surface area contributed by atoms with Crippen molar-refractivity contribution in [3.8, 4) is 0 Å². The molecule has 0 unspecified atom stereocenters. The summed E-state index contributed by atoms with van der Waals surface area (Å²) in [5.41, 5.74) is 2.09. The third kappa shape index (κ3) is 1.95. The molecule has 1 aromatic heterocycles. The standard InChI is InChI=1S/C13H15N3O/c17-13(10-4-2-1-3-5-10)16-7-11-6-14-9-15-12(11)8-16/h1-2,6,9-10H,3-5,7-8H2/t10-/m0/s1. The van der Waals surface area contributed by atoms with E-state index in [0.717, 1.165) is 30.5 Å². The van der Waals surface area contributed by atoms with Crippen molar-refractivity contribution in [1.82, 2.24) is 14.9 Å². The monoisotopic (exact) mass is 229 g/mol. The molecule has 4 nitrogen and oxygen atoms in total. The smallest absolute Gasteiger partial charge is 0.226 e. The average molecular weight is 229 g/mol. The van der Waals surface area contributed by atoms with Crippen molar-refractivity contribution in [1.29, 1.82) is 0 Å². The van der Waals surface area contributed by atoms with E-state index >= 15 is 0 Å². The second-order valence-corrected chi connectivity index (χ2v) is 4.67. The molecule has 1 aromatic rings. The molecule has 1 amide bonds. The lowest BCUT2D eigenvalue weighted by molar-refractivity contribution is -0.136. The maximum Gasteiger partial charge on any atom is 0.226 e. The fourth-order valence-electron chi connectivity index (χ4n) is 2.53. The highest BCUT2D eigenvalue weighted by Crippen LogP contribution is 2.26. The summed E-state index contributed by atoms with van der Waals surface area (Å²) < 4.78 is 0. The van der Waals surface area contributed by atoms with Crippen molar-refractivity contribution < 1.29 is 4.79 Å². The second-order valence-electron chi connectivity index (χ2n) is 4.67. The first kappa shape index (κ1) is 10.4. The zero-order chi connectivity index (χ0) is 11.7. The third-order valence-electron chi connectivity index (χ3n) is 3.51. The molecule has 0 saturated carbocycles. The maximum absolute atomic E-state index is 12.3. The molecule has 2 heterocycles. The van der Waals surface area contributed by atoms with E-state index in [1.165, 1.54) is 0 Å². The summed E-state index contributed by atoms with van der Waals surface area (Å²) in [6, 6.07) is 0. The number of hydrogen-bond acceptors (Lipinski definition) is 3. The SMILES string of the molecule is O=C([C@H]1CC=CCC1)N1Cc2cncnc2C1. The zero-order valence-electron chi connectivity index (χ0n) is 9.67. The van der Waals surface area contributed by atoms with Crippen molar-refractivity contribution in [2.75, 3.05) is 0 Å². The van der Waals surface area contributed by atoms with Crippen molar-refractivity contribution >= 4 is 5.91 Å². The predicted octanol–water partition coefficient (Wildman–Crippen LogP) is 1.68. The molecule has 17 heavy (non-hydrogen) atoms. The van der Waals surface area contributed by atoms with Crippen LogP contribution >= 0.6 is 0 Å². The van der Waals surface area contributed by atoms with Gasteiger partial charge < -0.3 is 4.90 Å². The fourth-order valence-corrected chi connectivity index (χ4v) is 2.53. The van der Waals surface area contributed by atoms with Gasteiger partial charge in [0.1, 0.15) is 6.33 Å². The number of nitrogens with zero attached hydrogens (tertiary/aromatic N) is 3. The summed E-state index contributed by atoms with van der Waals surface area (Å²) in [5, 5.41) is 0. The molecule has 0 N–H and O–H groups in total. The Hall–Kier alpha value is -1.71. The Labute approximate surface area is 100 Å². The Kier molecular flexibility index (Phi) is 2.63. The van der Waals surface area contributed by atoms with E-state index in [-0.39, 0.29) is 11.8 Å². The third-order valence-corrected chi connectivity index (χ3v) is 3.51. The predicted molar refractivity (Wildman–Crippen MR) is 62.8 cm³/mol. The summed E-state index contributed by atoms with van der Waals surface area (Å²) in [6.07, 6.45) is 10.5. The molecular weight excluding hydrogens is 214 g/mol. The van der Waals surface area contributed by atoms with Crippen molar-refractivity contribution in [3.05, 3.63) is 35.9 Å². The number of fused-ring (bicyclic) bond motifs is 1. The second kappa shape index (κ2) is 4.28. The molecule has 0 fully saturated rings. The minimum Gasteiger partial charge on any atom is -0.332 e. The molecule has 3 rings (SSSR count). The molecule has 2 aliphatic rings. The normalized spacial score (nSPS) is 22.6. The van der Waals surface area contributed by atoms with Crippen LogP contribution in [0.3, 0.4) is 0 Å². The van der Waals surface area contributed by atoms with Gasteiger partial charge in [0.25, 0.3) is 0 Å². The highest BCUT2D eigenvalue weighted by molar-refractivity contribution is 5.79. The lowest BCUT2D eigenvalue weighted by atomic mass is 9.93. The van der Waals surface area contributed by atoms with Gasteiger partial charge in [0.2, 0.25) is 5.91 Å². The van der Waals surface area contributed by atoms with E-state index in [9.17, 15) is 4.79 Å². The number of amides is 1. The highest BCUT2D eigenvalue weighted by Gasteiger charge is 2.29. The Balaban J connectivity index is 1.72. The molecule has 88 valence electrons. The lowest BCUT2D eigenvalue weighted by Gasteiger charge is -2.23. The summed E-state index contributed by atoms with van der Waals surface area (Å²) in [7, 11) is 0. The first-order valence-corrected chi connectivity index (χ1v) is 6.06. The minimum atomic E-state index is 0.169. The van der Waals surface area contributed by atoms with Crippen LogP contribution in [0.2, 0.25) is 0 Å². The Morgan fingerprint density at radius 3 is 3.06 bits per heavy atom. The van der Waals surface area contributed by atoms with E-state index in [4.69, 9.17) is 0 Å². The Morgan fingerprint density at radius 2 is 2.29 bits per heavy atom. The molecular formula is C13H15N3O. The van der Waals surface area contributed by atoms with Crippen LogP contribution in [0.25, 0.3) is 0 Å². The van der Waals surface area contributed by atoms with Crippen LogP contribution < -0.4 is 0 Å². The summed E-state index contributed by atoms with van der Waals surface area (Å²) >= 11 is 0. The van der Waals surface area contributed by atoms with Gasteiger partial charge >= 0.3 is 0 Å². The summed E-state index contributed by atoms with van der Waals surface area (Å²) in [6.45, 7) is 1.33. The van der Waals surface area contributed by atoms with Crippen molar-refractivity contribution in [3.63, 3.8) is 0 Å². The maximum atomic E-state index is 12.3. The molecule has 1 atom stereocenters. The molecule has 0 radical (unpaired) electrons. The van der Waals surface area contributed by atoms with E-state index in [1.54, 1.807) is 6.33 Å². The van der Waals surface area contributed by atoms with E-state index in [0.29, 0.717) is 13.1 Å². The number of aromatic nitrogens is 2. The molecule has 1 aliphatic carbocycles. The van der Waals surface area contributed by atoms with E-state index in [2.05, 4.69) is 22.1 Å². The minimum absolute atomic E-state index is 0.169. The van der Waals surface area contributed by atoms with Gasteiger partial charge in [-0.05, 0) is 19.3 Å². The largest absolute Gasteiger partial charge is 0.332 e. The van der Waals surface area contributed by atoms with E-state index in [1.807, 2.05) is 11.1 Å². The van der Waals surface area contributed by atoms with E-state index < -0.39 is 0 Å². The van der Waals surface area contributed by atoms with Gasteiger partial charge in [0, 0.05) is 24.2 Å². The average Bonchev–Trinajstić information content (AvgIpc) is 2.82. The van der Waals surface area contributed by atoms with Crippen molar-refractivity contribution in [2.24, 2.45) is 5.92 Å². The first-order chi connectivity index (χ1) is 8.34. The fraction of sp³-hybridized carbons (Fsp3) is 0.462. The Bertz CT molecular complexity index is 444. The summed E-state index contributed by atoms with van der Waals surface area (Å²) in [5.74, 6) is 0.439. The van der Waals surface area contributed by atoms with Crippen molar-refractivity contribution in [2.45, 2.75) is 32.4 Å². The highest BCUT2D eigenvalue weighted by atomic mass is 16.2. The van der Waals surface area contributed by atoms with Crippen LogP contribution in [-0.2, 0) is 17.9 Å². The van der Waals surface area contributed by atoms with Gasteiger partial charge in [-0.15, -0.1) is 0 Å². The molecule has 0 saturated heterocycles. The number of allylic oxidation sites excluding steroid dienone is 2. The first-order valence-electron chi connectivity index (χ1n) is 6.06. The lowest BCUT2D eigenvalue weighted by Crippen LogP contribution is -2.32. The number of carbonyl (C=O) groups excluding carboxylic acids is 1.